The van der Waals surface area contributed by atoms with Crippen LogP contribution in [0.15, 0.2) is 18.5 Å². The Balaban J connectivity index is 2.23. The van der Waals surface area contributed by atoms with Crippen molar-refractivity contribution < 1.29 is 14.4 Å². The van der Waals surface area contributed by atoms with E-state index in [2.05, 4.69) is 10.5 Å². The second kappa shape index (κ2) is 7.67. The second-order valence-corrected chi connectivity index (χ2v) is 5.97. The Morgan fingerprint density at radius 2 is 2.32 bits per heavy atom. The summed E-state index contributed by atoms with van der Waals surface area (Å²) in [5.41, 5.74) is 3.38. The van der Waals surface area contributed by atoms with Crippen LogP contribution in [-0.4, -0.2) is 40.8 Å². The summed E-state index contributed by atoms with van der Waals surface area (Å²) < 4.78 is 0. The highest BCUT2D eigenvalue weighted by atomic mass is 35.5. The summed E-state index contributed by atoms with van der Waals surface area (Å²) in [6, 6.07) is 0.553. The molecule has 22 heavy (non-hydrogen) atoms. The molecule has 0 aromatic carbocycles. The molecule has 2 atom stereocenters. The number of nitrogens with one attached hydrogen (secondary N) is 1. The zero-order valence-corrected chi connectivity index (χ0v) is 13.4. The fourth-order valence-electron chi connectivity index (χ4n) is 2.42. The molecule has 0 radical (unpaired) electrons. The molecule has 6 nitrogen and oxygen atoms in total. The van der Waals surface area contributed by atoms with E-state index < -0.39 is 6.04 Å². The smallest absolute Gasteiger partial charge is 0.247 e. The molecule has 1 saturated heterocycles. The lowest BCUT2D eigenvalue weighted by Gasteiger charge is -2.27. The molecular weight excluding hydrogens is 306 g/mol. The Bertz CT molecular complexity index is 539. The van der Waals surface area contributed by atoms with E-state index in [9.17, 15) is 9.59 Å². The number of aromatic nitrogens is 1. The highest BCUT2D eigenvalue weighted by Crippen LogP contribution is 2.24. The number of carbonyl (C=O) groups excluding carboxylic acids is 2. The first-order chi connectivity index (χ1) is 10.5. The number of halogens is 1. The number of amides is 1. The van der Waals surface area contributed by atoms with Crippen molar-refractivity contribution in [2.45, 2.75) is 44.9 Å². The molecule has 1 aromatic heterocycles. The molecule has 1 N–H and O–H groups in total. The Labute approximate surface area is 134 Å². The van der Waals surface area contributed by atoms with Crippen LogP contribution in [-0.2, 0) is 14.4 Å². The van der Waals surface area contributed by atoms with Crippen LogP contribution in [0.4, 0.5) is 0 Å². The van der Waals surface area contributed by atoms with Gasteiger partial charge in [-0.2, -0.15) is 5.48 Å². The van der Waals surface area contributed by atoms with Crippen molar-refractivity contribution in [1.82, 2.24) is 15.4 Å². The molecule has 0 spiro atoms. The average molecular weight is 326 g/mol. The molecule has 120 valence electrons. The summed E-state index contributed by atoms with van der Waals surface area (Å²) in [7, 11) is 0. The number of hydroxylamine groups is 1. The fourth-order valence-corrected chi connectivity index (χ4v) is 2.61. The molecular formula is C15H20ClN3O3. The van der Waals surface area contributed by atoms with Crippen molar-refractivity contribution in [2.24, 2.45) is 0 Å². The molecule has 7 heteroatoms. The van der Waals surface area contributed by atoms with Crippen LogP contribution >= 0.6 is 11.6 Å². The van der Waals surface area contributed by atoms with Gasteiger partial charge in [0.25, 0.3) is 0 Å². The van der Waals surface area contributed by atoms with Crippen LogP contribution < -0.4 is 5.48 Å². The molecule has 1 fully saturated rings. The summed E-state index contributed by atoms with van der Waals surface area (Å²) in [6.07, 6.45) is 5.31. The first-order valence-corrected chi connectivity index (χ1v) is 7.68. The van der Waals surface area contributed by atoms with Crippen LogP contribution in [0.2, 0.25) is 5.02 Å². The summed E-state index contributed by atoms with van der Waals surface area (Å²) >= 11 is 5.96. The molecule has 0 saturated carbocycles. The van der Waals surface area contributed by atoms with Crippen LogP contribution in [0.5, 0.6) is 0 Å². The Morgan fingerprint density at radius 3 is 2.95 bits per heavy atom. The van der Waals surface area contributed by atoms with Gasteiger partial charge in [0.05, 0.1) is 17.2 Å². The van der Waals surface area contributed by atoms with E-state index in [0.717, 1.165) is 12.7 Å². The number of pyridine rings is 1. The number of hydrogen-bond acceptors (Lipinski definition) is 5. The molecule has 1 aromatic rings. The van der Waals surface area contributed by atoms with E-state index in [-0.39, 0.29) is 18.1 Å². The van der Waals surface area contributed by atoms with Crippen molar-refractivity contribution >= 4 is 23.8 Å². The van der Waals surface area contributed by atoms with Crippen LogP contribution in [0, 0.1) is 0 Å². The maximum absolute atomic E-state index is 12.8. The largest absolute Gasteiger partial charge is 0.331 e. The van der Waals surface area contributed by atoms with Gasteiger partial charge in [0.1, 0.15) is 12.3 Å². The van der Waals surface area contributed by atoms with E-state index in [0.29, 0.717) is 23.6 Å². The maximum Gasteiger partial charge on any atom is 0.247 e. The average Bonchev–Trinajstić information content (AvgIpc) is 2.95. The lowest BCUT2D eigenvalue weighted by Crippen LogP contribution is -2.44. The van der Waals surface area contributed by atoms with Gasteiger partial charge in [-0.05, 0) is 32.8 Å². The molecule has 1 aliphatic rings. The van der Waals surface area contributed by atoms with E-state index in [1.807, 2.05) is 13.8 Å². The minimum absolute atomic E-state index is 0.0945. The third-order valence-corrected chi connectivity index (χ3v) is 3.67. The van der Waals surface area contributed by atoms with Gasteiger partial charge in [-0.25, -0.2) is 0 Å². The zero-order chi connectivity index (χ0) is 16.1. The first kappa shape index (κ1) is 16.9. The summed E-state index contributed by atoms with van der Waals surface area (Å²) in [6.45, 7) is 4.28. The van der Waals surface area contributed by atoms with Crippen molar-refractivity contribution in [3.05, 3.63) is 29.0 Å². The normalized spacial score (nSPS) is 19.5. The van der Waals surface area contributed by atoms with Gasteiger partial charge in [0.15, 0.2) is 0 Å². The first-order valence-electron chi connectivity index (χ1n) is 7.30. The number of rotatable bonds is 6. The summed E-state index contributed by atoms with van der Waals surface area (Å²) in [5.74, 6) is -0.209. The lowest BCUT2D eigenvalue weighted by atomic mass is 10.1. The van der Waals surface area contributed by atoms with E-state index in [1.54, 1.807) is 17.2 Å². The molecule has 0 bridgehead atoms. The third kappa shape index (κ3) is 4.03. The standard InChI is InChI=1S/C15H20ClN3O3/c1-10(2)22-18-14(11-6-12(16)8-17-7-11)15(21)19-5-3-4-13(19)9-20/h6-10,13-14,18H,3-5H2,1-2H3/t13-,14-/m0/s1. The second-order valence-electron chi connectivity index (χ2n) is 5.53. The zero-order valence-electron chi connectivity index (χ0n) is 12.7. The third-order valence-electron chi connectivity index (χ3n) is 3.47. The monoisotopic (exact) mass is 325 g/mol. The quantitative estimate of drug-likeness (QED) is 0.639. The highest BCUT2D eigenvalue weighted by molar-refractivity contribution is 6.30. The SMILES string of the molecule is CC(C)ON[C@H](C(=O)N1CCC[C@H]1C=O)c1cncc(Cl)c1. The summed E-state index contributed by atoms with van der Waals surface area (Å²) in [4.78, 5) is 34.9. The number of aldehydes is 1. The highest BCUT2D eigenvalue weighted by Gasteiger charge is 2.34. The minimum atomic E-state index is -0.742. The van der Waals surface area contributed by atoms with Gasteiger partial charge >= 0.3 is 0 Å². The van der Waals surface area contributed by atoms with Crippen molar-refractivity contribution in [1.29, 1.82) is 0 Å². The fraction of sp³-hybridized carbons (Fsp3) is 0.533. The van der Waals surface area contributed by atoms with Gasteiger partial charge in [-0.1, -0.05) is 11.6 Å². The van der Waals surface area contributed by atoms with Crippen molar-refractivity contribution in [3.8, 4) is 0 Å². The Hall–Kier alpha value is -1.50. The number of nitrogens with zero attached hydrogens (tertiary/aromatic N) is 2. The minimum Gasteiger partial charge on any atom is -0.331 e. The number of carbonyl (C=O) groups is 2. The molecule has 2 heterocycles. The van der Waals surface area contributed by atoms with Crippen LogP contribution in [0.3, 0.4) is 0 Å². The number of likely N-dealkylation sites (tertiary alicyclic amines) is 1. The van der Waals surface area contributed by atoms with Gasteiger partial charge in [-0.3, -0.25) is 14.6 Å². The van der Waals surface area contributed by atoms with Gasteiger partial charge < -0.3 is 9.69 Å². The molecule has 1 amide bonds. The lowest BCUT2D eigenvalue weighted by molar-refractivity contribution is -0.142. The van der Waals surface area contributed by atoms with Gasteiger partial charge in [0.2, 0.25) is 5.91 Å². The van der Waals surface area contributed by atoms with Crippen molar-refractivity contribution in [3.63, 3.8) is 0 Å². The molecule has 0 aliphatic carbocycles. The van der Waals surface area contributed by atoms with Crippen LogP contribution in [0.1, 0.15) is 38.3 Å². The van der Waals surface area contributed by atoms with Gasteiger partial charge in [0, 0.05) is 24.5 Å². The van der Waals surface area contributed by atoms with E-state index in [1.165, 1.54) is 6.20 Å². The van der Waals surface area contributed by atoms with Gasteiger partial charge in [-0.15, -0.1) is 0 Å². The molecule has 0 unspecified atom stereocenters. The molecule has 1 aliphatic heterocycles. The summed E-state index contributed by atoms with van der Waals surface area (Å²) in [5, 5.41) is 0.440. The van der Waals surface area contributed by atoms with E-state index >= 15 is 0 Å². The Kier molecular flexibility index (Phi) is 5.88. The topological polar surface area (TPSA) is 71.5 Å². The maximum atomic E-state index is 12.8. The van der Waals surface area contributed by atoms with E-state index in [4.69, 9.17) is 16.4 Å². The van der Waals surface area contributed by atoms with Crippen LogP contribution in [0.25, 0.3) is 0 Å². The predicted octanol–water partition coefficient (Wildman–Crippen LogP) is 1.90. The van der Waals surface area contributed by atoms with Crippen molar-refractivity contribution in [2.75, 3.05) is 6.54 Å². The predicted molar refractivity (Wildman–Crippen MR) is 82.1 cm³/mol. The number of hydrogen-bond donors (Lipinski definition) is 1. The molecule has 2 rings (SSSR count). The Morgan fingerprint density at radius 1 is 1.55 bits per heavy atom.